The van der Waals surface area contributed by atoms with E-state index in [0.29, 0.717) is 31.9 Å². The quantitative estimate of drug-likeness (QED) is 0.854. The van der Waals surface area contributed by atoms with Crippen molar-refractivity contribution >= 4 is 15.7 Å². The predicted molar refractivity (Wildman–Crippen MR) is 95.1 cm³/mol. The molecule has 2 aromatic rings. The molecule has 0 amide bonds. The maximum absolute atomic E-state index is 12.9. The third-order valence-electron chi connectivity index (χ3n) is 4.30. The summed E-state index contributed by atoms with van der Waals surface area (Å²) in [4.78, 5) is 2.45. The van der Waals surface area contributed by atoms with Crippen LogP contribution in [0.4, 0.5) is 5.69 Å². The van der Waals surface area contributed by atoms with Crippen LogP contribution in [0.25, 0.3) is 0 Å². The van der Waals surface area contributed by atoms with Crippen molar-refractivity contribution in [2.24, 2.45) is 0 Å². The lowest BCUT2D eigenvalue weighted by Gasteiger charge is -2.35. The largest absolute Gasteiger partial charge is 0.495 e. The number of hydrogen-bond donors (Lipinski definition) is 0. The number of sulfonamides is 1. The third-order valence-corrected chi connectivity index (χ3v) is 6.23. The molecule has 0 bridgehead atoms. The van der Waals surface area contributed by atoms with Crippen molar-refractivity contribution in [3.8, 4) is 5.75 Å². The Balaban J connectivity index is 1.78. The topological polar surface area (TPSA) is 49.9 Å². The van der Waals surface area contributed by atoms with Gasteiger partial charge in [-0.15, -0.1) is 0 Å². The van der Waals surface area contributed by atoms with Crippen LogP contribution in [0, 0.1) is 6.92 Å². The fourth-order valence-electron chi connectivity index (χ4n) is 2.95. The Labute approximate surface area is 143 Å². The van der Waals surface area contributed by atoms with E-state index in [2.05, 4.69) is 4.90 Å². The van der Waals surface area contributed by atoms with Gasteiger partial charge in [0.05, 0.1) is 7.11 Å². The molecule has 3 rings (SSSR count). The molecule has 0 aliphatic carbocycles. The Morgan fingerprint density at radius 3 is 2.25 bits per heavy atom. The first-order valence-electron chi connectivity index (χ1n) is 7.97. The Kier molecular flexibility index (Phi) is 4.78. The van der Waals surface area contributed by atoms with Gasteiger partial charge in [-0.25, -0.2) is 8.42 Å². The highest BCUT2D eigenvalue weighted by molar-refractivity contribution is 7.89. The summed E-state index contributed by atoms with van der Waals surface area (Å²) in [6, 6.07) is 15.3. The van der Waals surface area contributed by atoms with Crippen molar-refractivity contribution in [3.05, 3.63) is 54.1 Å². The molecule has 1 fully saturated rings. The highest BCUT2D eigenvalue weighted by atomic mass is 32.2. The summed E-state index contributed by atoms with van der Waals surface area (Å²) in [6.45, 7) is 4.20. The molecular weight excluding hydrogens is 324 g/mol. The van der Waals surface area contributed by atoms with Crippen LogP contribution in [-0.4, -0.2) is 46.0 Å². The van der Waals surface area contributed by atoms with Gasteiger partial charge in [0.25, 0.3) is 0 Å². The first-order chi connectivity index (χ1) is 11.5. The van der Waals surface area contributed by atoms with Crippen molar-refractivity contribution in [2.75, 3.05) is 38.2 Å². The van der Waals surface area contributed by atoms with Crippen LogP contribution in [-0.2, 0) is 10.0 Å². The Bertz CT molecular complexity index is 798. The number of methoxy groups -OCH3 is 1. The Morgan fingerprint density at radius 1 is 0.958 bits per heavy atom. The fourth-order valence-corrected chi connectivity index (χ4v) is 4.51. The molecule has 128 valence electrons. The van der Waals surface area contributed by atoms with Crippen LogP contribution in [0.1, 0.15) is 5.56 Å². The molecule has 0 atom stereocenters. The van der Waals surface area contributed by atoms with Crippen molar-refractivity contribution in [1.29, 1.82) is 0 Å². The van der Waals surface area contributed by atoms with E-state index in [9.17, 15) is 8.42 Å². The second kappa shape index (κ2) is 6.83. The second-order valence-corrected chi connectivity index (χ2v) is 7.79. The van der Waals surface area contributed by atoms with Gasteiger partial charge in [-0.2, -0.15) is 4.31 Å². The first-order valence-corrected chi connectivity index (χ1v) is 9.41. The normalized spacial score (nSPS) is 16.2. The van der Waals surface area contributed by atoms with Crippen LogP contribution in [0.5, 0.6) is 5.75 Å². The van der Waals surface area contributed by atoms with Crippen molar-refractivity contribution in [3.63, 3.8) is 0 Å². The SMILES string of the molecule is COc1cc(C)ccc1S(=O)(=O)N1CCN(c2ccccc2)CC1. The number of aryl methyl sites for hydroxylation is 1. The number of piperazine rings is 1. The van der Waals surface area contributed by atoms with Gasteiger partial charge in [-0.1, -0.05) is 24.3 Å². The lowest BCUT2D eigenvalue weighted by molar-refractivity contribution is 0.374. The zero-order valence-corrected chi connectivity index (χ0v) is 14.8. The van der Waals surface area contributed by atoms with E-state index in [1.54, 1.807) is 22.5 Å². The number of ether oxygens (including phenoxy) is 1. The Morgan fingerprint density at radius 2 is 1.62 bits per heavy atom. The molecule has 1 aliphatic rings. The molecule has 0 saturated carbocycles. The lowest BCUT2D eigenvalue weighted by Crippen LogP contribution is -2.48. The monoisotopic (exact) mass is 346 g/mol. The van der Waals surface area contributed by atoms with Gasteiger partial charge >= 0.3 is 0 Å². The average molecular weight is 346 g/mol. The maximum Gasteiger partial charge on any atom is 0.246 e. The van der Waals surface area contributed by atoms with E-state index in [4.69, 9.17) is 4.74 Å². The predicted octanol–water partition coefficient (Wildman–Crippen LogP) is 2.51. The highest BCUT2D eigenvalue weighted by Crippen LogP contribution is 2.28. The van der Waals surface area contributed by atoms with Crippen LogP contribution < -0.4 is 9.64 Å². The van der Waals surface area contributed by atoms with Crippen LogP contribution in [0.2, 0.25) is 0 Å². The summed E-state index contributed by atoms with van der Waals surface area (Å²) in [7, 11) is -2.04. The van der Waals surface area contributed by atoms with Gasteiger partial charge in [0.2, 0.25) is 10.0 Å². The molecule has 5 nitrogen and oxygen atoms in total. The molecule has 0 aromatic heterocycles. The smallest absolute Gasteiger partial charge is 0.246 e. The fraction of sp³-hybridized carbons (Fsp3) is 0.333. The van der Waals surface area contributed by atoms with E-state index in [1.165, 1.54) is 7.11 Å². The Hall–Kier alpha value is -2.05. The number of nitrogens with zero attached hydrogens (tertiary/aromatic N) is 2. The van der Waals surface area contributed by atoms with Crippen molar-refractivity contribution in [1.82, 2.24) is 4.31 Å². The summed E-state index contributed by atoms with van der Waals surface area (Å²) in [5, 5.41) is 0. The number of anilines is 1. The van der Waals surface area contributed by atoms with Gasteiger partial charge in [0, 0.05) is 31.9 Å². The van der Waals surface area contributed by atoms with Gasteiger partial charge in [-0.05, 0) is 36.8 Å². The molecule has 0 unspecified atom stereocenters. The molecule has 24 heavy (non-hydrogen) atoms. The summed E-state index contributed by atoms with van der Waals surface area (Å²) < 4.78 is 32.7. The number of benzene rings is 2. The number of hydrogen-bond acceptors (Lipinski definition) is 4. The molecule has 0 spiro atoms. The first kappa shape index (κ1) is 16.8. The highest BCUT2D eigenvalue weighted by Gasteiger charge is 2.30. The molecule has 1 aliphatic heterocycles. The molecular formula is C18H22N2O3S. The molecule has 2 aromatic carbocycles. The van der Waals surface area contributed by atoms with Crippen molar-refractivity contribution < 1.29 is 13.2 Å². The average Bonchev–Trinajstić information content (AvgIpc) is 2.62. The summed E-state index contributed by atoms with van der Waals surface area (Å²) in [5.74, 6) is 0.403. The zero-order valence-electron chi connectivity index (χ0n) is 14.0. The zero-order chi connectivity index (χ0) is 17.2. The van der Waals surface area contributed by atoms with Crippen LogP contribution in [0.15, 0.2) is 53.4 Å². The van der Waals surface area contributed by atoms with Crippen molar-refractivity contribution in [2.45, 2.75) is 11.8 Å². The summed E-state index contributed by atoms with van der Waals surface area (Å²) in [5.41, 5.74) is 2.10. The minimum Gasteiger partial charge on any atom is -0.495 e. The molecule has 1 saturated heterocycles. The minimum absolute atomic E-state index is 0.240. The van der Waals surface area contributed by atoms with Crippen LogP contribution in [0.3, 0.4) is 0 Å². The molecule has 0 radical (unpaired) electrons. The lowest BCUT2D eigenvalue weighted by atomic mass is 10.2. The van der Waals surface area contributed by atoms with Gasteiger partial charge < -0.3 is 9.64 Å². The van der Waals surface area contributed by atoms with E-state index in [1.807, 2.05) is 37.3 Å². The molecule has 0 N–H and O–H groups in total. The number of rotatable bonds is 4. The van der Waals surface area contributed by atoms with E-state index in [0.717, 1.165) is 11.3 Å². The summed E-state index contributed by atoms with van der Waals surface area (Å²) in [6.07, 6.45) is 0. The minimum atomic E-state index is -3.55. The number of para-hydroxylation sites is 1. The van der Waals surface area contributed by atoms with E-state index in [-0.39, 0.29) is 4.90 Å². The van der Waals surface area contributed by atoms with Gasteiger partial charge in [0.15, 0.2) is 0 Å². The van der Waals surface area contributed by atoms with Crippen LogP contribution >= 0.6 is 0 Å². The van der Waals surface area contributed by atoms with Gasteiger partial charge in [0.1, 0.15) is 10.6 Å². The van der Waals surface area contributed by atoms with Gasteiger partial charge in [-0.3, -0.25) is 0 Å². The third kappa shape index (κ3) is 3.25. The van der Waals surface area contributed by atoms with E-state index >= 15 is 0 Å². The molecule has 1 heterocycles. The summed E-state index contributed by atoms with van der Waals surface area (Å²) >= 11 is 0. The van der Waals surface area contributed by atoms with E-state index < -0.39 is 10.0 Å². The molecule has 6 heteroatoms. The standard InChI is InChI=1S/C18H22N2O3S/c1-15-8-9-18(17(14-15)23-2)24(21,22)20-12-10-19(11-13-20)16-6-4-3-5-7-16/h3-9,14H,10-13H2,1-2H3. The second-order valence-electron chi connectivity index (χ2n) is 5.88. The maximum atomic E-state index is 12.9.